The lowest BCUT2D eigenvalue weighted by molar-refractivity contribution is 0.226. The van der Waals surface area contributed by atoms with E-state index in [1.54, 1.807) is 0 Å². The second-order valence-electron chi connectivity index (χ2n) is 6.84. The Hall–Kier alpha value is -1.07. The molecule has 1 atom stereocenters. The van der Waals surface area contributed by atoms with E-state index in [0.717, 1.165) is 13.1 Å². The maximum atomic E-state index is 4.73. The highest BCUT2D eigenvalue weighted by molar-refractivity contribution is 5.50. The van der Waals surface area contributed by atoms with Crippen LogP contribution in [0.25, 0.3) is 0 Å². The van der Waals surface area contributed by atoms with Gasteiger partial charge in [-0.05, 0) is 32.4 Å². The number of rotatable bonds is 5. The van der Waals surface area contributed by atoms with Crippen LogP contribution in [-0.4, -0.2) is 55.0 Å². The molecule has 0 amide bonds. The van der Waals surface area contributed by atoms with Crippen LogP contribution in [0.4, 0.5) is 5.82 Å². The number of nitrogens with zero attached hydrogens (tertiary/aromatic N) is 4. The lowest BCUT2D eigenvalue weighted by Gasteiger charge is -2.30. The molecule has 1 aliphatic heterocycles. The van der Waals surface area contributed by atoms with Crippen LogP contribution in [0.15, 0.2) is 0 Å². The Morgan fingerprint density at radius 2 is 2.05 bits per heavy atom. The van der Waals surface area contributed by atoms with Crippen LogP contribution in [0.2, 0.25) is 0 Å². The summed E-state index contributed by atoms with van der Waals surface area (Å²) in [7, 11) is 8.44. The Morgan fingerprint density at radius 1 is 1.33 bits per heavy atom. The van der Waals surface area contributed by atoms with Gasteiger partial charge in [-0.3, -0.25) is 4.68 Å². The van der Waals surface area contributed by atoms with E-state index in [1.807, 2.05) is 11.7 Å². The fourth-order valence-electron chi connectivity index (χ4n) is 3.35. The van der Waals surface area contributed by atoms with Gasteiger partial charge in [-0.2, -0.15) is 5.10 Å². The van der Waals surface area contributed by atoms with Crippen molar-refractivity contribution < 1.29 is 0 Å². The Labute approximate surface area is 129 Å². The van der Waals surface area contributed by atoms with Gasteiger partial charge in [0.25, 0.3) is 0 Å². The van der Waals surface area contributed by atoms with Crippen LogP contribution in [0.5, 0.6) is 0 Å². The number of hydrogen-bond acceptors (Lipinski definition) is 4. The summed E-state index contributed by atoms with van der Waals surface area (Å²) >= 11 is 0. The molecule has 0 radical (unpaired) electrons. The molecule has 1 aromatic rings. The van der Waals surface area contributed by atoms with Crippen molar-refractivity contribution in [2.24, 2.45) is 7.05 Å². The second kappa shape index (κ2) is 6.79. The molecular weight excluding hydrogens is 262 g/mol. The van der Waals surface area contributed by atoms with E-state index in [0.29, 0.717) is 12.0 Å². The van der Waals surface area contributed by atoms with Crippen LogP contribution < -0.4 is 10.2 Å². The molecule has 1 aromatic heterocycles. The monoisotopic (exact) mass is 293 g/mol. The SMILES string of the molecule is CC(C)c1nn(C)c(N(C)C)c1CN[C@H]1CCCN(C)C1. The van der Waals surface area contributed by atoms with Crippen molar-refractivity contribution >= 4 is 5.82 Å². The van der Waals surface area contributed by atoms with E-state index in [4.69, 9.17) is 5.10 Å². The van der Waals surface area contributed by atoms with Gasteiger partial charge >= 0.3 is 0 Å². The zero-order valence-electron chi connectivity index (χ0n) is 14.5. The van der Waals surface area contributed by atoms with Crippen LogP contribution in [-0.2, 0) is 13.6 Å². The summed E-state index contributed by atoms with van der Waals surface area (Å²) in [5.74, 6) is 1.67. The van der Waals surface area contributed by atoms with Crippen LogP contribution in [0.3, 0.4) is 0 Å². The van der Waals surface area contributed by atoms with Crippen molar-refractivity contribution in [2.45, 2.75) is 45.2 Å². The predicted octanol–water partition coefficient (Wildman–Crippen LogP) is 1.79. The number of likely N-dealkylation sites (tertiary alicyclic amines) is 1. The van der Waals surface area contributed by atoms with Crippen molar-refractivity contribution in [1.29, 1.82) is 0 Å². The number of hydrogen-bond donors (Lipinski definition) is 1. The lowest BCUT2D eigenvalue weighted by atomic mass is 10.0. The van der Waals surface area contributed by atoms with Gasteiger partial charge in [-0.15, -0.1) is 0 Å². The van der Waals surface area contributed by atoms with Gasteiger partial charge in [0.1, 0.15) is 5.82 Å². The van der Waals surface area contributed by atoms with Crippen molar-refractivity contribution in [3.63, 3.8) is 0 Å². The van der Waals surface area contributed by atoms with Crippen LogP contribution in [0.1, 0.15) is 43.9 Å². The third-order valence-corrected chi connectivity index (χ3v) is 4.31. The summed E-state index contributed by atoms with van der Waals surface area (Å²) in [4.78, 5) is 4.59. The normalized spacial score (nSPS) is 20.2. The minimum absolute atomic E-state index is 0.454. The molecule has 21 heavy (non-hydrogen) atoms. The summed E-state index contributed by atoms with van der Waals surface area (Å²) < 4.78 is 2.01. The molecule has 1 aliphatic rings. The first-order valence-electron chi connectivity index (χ1n) is 8.05. The summed E-state index contributed by atoms with van der Waals surface area (Å²) in [6.07, 6.45) is 2.57. The number of nitrogens with one attached hydrogen (secondary N) is 1. The topological polar surface area (TPSA) is 36.3 Å². The molecule has 0 unspecified atom stereocenters. The highest BCUT2D eigenvalue weighted by atomic mass is 15.4. The Balaban J connectivity index is 2.14. The first kappa shape index (κ1) is 16.3. The quantitative estimate of drug-likeness (QED) is 0.898. The summed E-state index contributed by atoms with van der Waals surface area (Å²) in [6.45, 7) is 7.73. The maximum absolute atomic E-state index is 4.73. The zero-order chi connectivity index (χ0) is 15.6. The van der Waals surface area contributed by atoms with Crippen molar-refractivity contribution in [3.8, 4) is 0 Å². The highest BCUT2D eigenvalue weighted by Gasteiger charge is 2.22. The first-order chi connectivity index (χ1) is 9.90. The van der Waals surface area contributed by atoms with E-state index in [2.05, 4.69) is 50.1 Å². The molecule has 0 aliphatic carbocycles. The fraction of sp³-hybridized carbons (Fsp3) is 0.812. The lowest BCUT2D eigenvalue weighted by Crippen LogP contribution is -2.43. The molecule has 5 heteroatoms. The van der Waals surface area contributed by atoms with Gasteiger partial charge in [0.2, 0.25) is 0 Å². The van der Waals surface area contributed by atoms with Gasteiger partial charge in [0, 0.05) is 45.8 Å². The van der Waals surface area contributed by atoms with E-state index in [9.17, 15) is 0 Å². The number of aromatic nitrogens is 2. The summed E-state index contributed by atoms with van der Waals surface area (Å²) in [5.41, 5.74) is 2.57. The molecule has 2 heterocycles. The largest absolute Gasteiger partial charge is 0.363 e. The Morgan fingerprint density at radius 3 is 2.62 bits per heavy atom. The zero-order valence-corrected chi connectivity index (χ0v) is 14.5. The van der Waals surface area contributed by atoms with E-state index < -0.39 is 0 Å². The standard InChI is InChI=1S/C16H31N5/c1-12(2)15-14(16(19(3)4)21(6)18-15)10-17-13-8-7-9-20(5)11-13/h12-13,17H,7-11H2,1-6H3/t13-/m0/s1. The average molecular weight is 293 g/mol. The smallest absolute Gasteiger partial charge is 0.130 e. The van der Waals surface area contributed by atoms with Gasteiger partial charge in [0.05, 0.1) is 5.69 Å². The minimum Gasteiger partial charge on any atom is -0.363 e. The van der Waals surface area contributed by atoms with Gasteiger partial charge < -0.3 is 15.1 Å². The fourth-order valence-corrected chi connectivity index (χ4v) is 3.35. The van der Waals surface area contributed by atoms with E-state index in [-0.39, 0.29) is 0 Å². The third kappa shape index (κ3) is 3.77. The van der Waals surface area contributed by atoms with Gasteiger partial charge in [-0.25, -0.2) is 0 Å². The predicted molar refractivity (Wildman–Crippen MR) is 89.0 cm³/mol. The summed E-state index contributed by atoms with van der Waals surface area (Å²) in [5, 5.41) is 8.49. The third-order valence-electron chi connectivity index (χ3n) is 4.31. The van der Waals surface area contributed by atoms with E-state index >= 15 is 0 Å². The highest BCUT2D eigenvalue weighted by Crippen LogP contribution is 2.27. The van der Waals surface area contributed by atoms with E-state index in [1.165, 1.54) is 36.5 Å². The molecule has 0 spiro atoms. The minimum atomic E-state index is 0.454. The molecule has 120 valence electrons. The number of aryl methyl sites for hydroxylation is 1. The second-order valence-corrected chi connectivity index (χ2v) is 6.84. The molecular formula is C16H31N5. The molecule has 5 nitrogen and oxygen atoms in total. The molecule has 0 bridgehead atoms. The maximum Gasteiger partial charge on any atom is 0.130 e. The number of anilines is 1. The number of likely N-dealkylation sites (N-methyl/N-ethyl adjacent to an activating group) is 1. The van der Waals surface area contributed by atoms with Crippen molar-refractivity contribution in [2.75, 3.05) is 39.1 Å². The molecule has 0 aromatic carbocycles. The van der Waals surface area contributed by atoms with Crippen LogP contribution in [0, 0.1) is 0 Å². The van der Waals surface area contributed by atoms with Crippen molar-refractivity contribution in [3.05, 3.63) is 11.3 Å². The molecule has 1 fully saturated rings. The Bertz CT molecular complexity index is 463. The summed E-state index contributed by atoms with van der Waals surface area (Å²) in [6, 6.07) is 0.596. The van der Waals surface area contributed by atoms with Gasteiger partial charge in [-0.1, -0.05) is 13.8 Å². The molecule has 0 saturated carbocycles. The molecule has 1 N–H and O–H groups in total. The van der Waals surface area contributed by atoms with Gasteiger partial charge in [0.15, 0.2) is 0 Å². The first-order valence-corrected chi connectivity index (χ1v) is 8.05. The van der Waals surface area contributed by atoms with Crippen molar-refractivity contribution in [1.82, 2.24) is 20.0 Å². The Kier molecular flexibility index (Phi) is 5.27. The molecule has 1 saturated heterocycles. The molecule has 2 rings (SSSR count). The van der Waals surface area contributed by atoms with Crippen LogP contribution >= 0.6 is 0 Å². The number of piperidine rings is 1. The average Bonchev–Trinajstić information content (AvgIpc) is 2.73.